The van der Waals surface area contributed by atoms with Crippen LogP contribution in [0, 0.1) is 16.7 Å². The van der Waals surface area contributed by atoms with Crippen molar-refractivity contribution >= 4 is 24.2 Å². The number of halogens is 1. The van der Waals surface area contributed by atoms with Crippen LogP contribution in [0.1, 0.15) is 47.0 Å². The molecule has 0 unspecified atom stereocenters. The van der Waals surface area contributed by atoms with Gasteiger partial charge in [0, 0.05) is 15.4 Å². The second-order valence-corrected chi connectivity index (χ2v) is 6.75. The number of nitrogens with zero attached hydrogens (tertiary/aromatic N) is 1. The van der Waals surface area contributed by atoms with Crippen LogP contribution in [-0.4, -0.2) is 18.0 Å². The maximum absolute atomic E-state index is 8.88. The fourth-order valence-corrected chi connectivity index (χ4v) is 4.38. The monoisotopic (exact) mass is 311 g/mol. The van der Waals surface area contributed by atoms with Gasteiger partial charge in [-0.3, -0.25) is 0 Å². The highest BCUT2D eigenvalue weighted by molar-refractivity contribution is 7.99. The van der Waals surface area contributed by atoms with E-state index in [2.05, 4.69) is 11.4 Å². The molecule has 1 N–H and O–H groups in total. The van der Waals surface area contributed by atoms with Crippen LogP contribution in [0.25, 0.3) is 0 Å². The smallest absolute Gasteiger partial charge is 0.0991 e. The first kappa shape index (κ1) is 11.9. The van der Waals surface area contributed by atoms with Crippen molar-refractivity contribution in [1.29, 1.82) is 5.26 Å². The summed E-state index contributed by atoms with van der Waals surface area (Å²) in [6, 6.07) is 10.3. The lowest BCUT2D eigenvalue weighted by Gasteiger charge is -2.52. The highest BCUT2D eigenvalue weighted by atomic mass is 35.5. The van der Waals surface area contributed by atoms with Gasteiger partial charge in [0.1, 0.15) is 0 Å². The van der Waals surface area contributed by atoms with E-state index in [0.717, 1.165) is 44.0 Å². The van der Waals surface area contributed by atoms with Crippen molar-refractivity contribution in [3.63, 3.8) is 0 Å². The summed E-state index contributed by atoms with van der Waals surface area (Å²) in [5, 5.41) is 12.7. The summed E-state index contributed by atoms with van der Waals surface area (Å²) in [5.74, 6) is 0. The van der Waals surface area contributed by atoms with Gasteiger partial charge < -0.3 is 5.32 Å². The van der Waals surface area contributed by atoms with E-state index in [1.54, 1.807) is 0 Å². The first-order chi connectivity index (χ1) is 10.4. The molecule has 1 aliphatic heterocycles. The Morgan fingerprint density at radius 3 is 2.75 bits per heavy atom. The van der Waals surface area contributed by atoms with Gasteiger partial charge in [-0.25, -0.2) is 0 Å². The third-order valence-electron chi connectivity index (χ3n) is 4.61. The Morgan fingerprint density at radius 1 is 1.35 bits per heavy atom. The molecule has 1 atom stereocenters. The molecule has 1 aliphatic carbocycles. The highest BCUT2D eigenvalue weighted by Crippen LogP contribution is 2.54. The van der Waals surface area contributed by atoms with Crippen molar-refractivity contribution < 1.29 is 4.11 Å². The Kier molecular flexibility index (Phi) is 3.80. The number of hydrogen-bond acceptors (Lipinski definition) is 3. The predicted molar refractivity (Wildman–Crippen MR) is 87.4 cm³/mol. The Balaban J connectivity index is 0.00000192. The fraction of sp³-hybridized carbons (Fsp3) is 0.562. The molecule has 0 amide bonds. The van der Waals surface area contributed by atoms with Crippen LogP contribution in [-0.2, 0) is 0 Å². The van der Waals surface area contributed by atoms with Crippen LogP contribution in [0.15, 0.2) is 24.3 Å². The van der Waals surface area contributed by atoms with E-state index >= 15 is 0 Å². The van der Waals surface area contributed by atoms with Crippen LogP contribution in [0.5, 0.6) is 0 Å². The van der Waals surface area contributed by atoms with E-state index < -0.39 is 6.18 Å². The summed E-state index contributed by atoms with van der Waals surface area (Å²) in [6.07, 6.45) is 2.37. The summed E-state index contributed by atoms with van der Waals surface area (Å²) in [7, 11) is 0. The second kappa shape index (κ2) is 6.39. The molecular weight excluding hydrogens is 288 g/mol. The van der Waals surface area contributed by atoms with E-state index in [-0.39, 0.29) is 17.7 Å². The molecule has 4 heteroatoms. The lowest BCUT2D eigenvalue weighted by atomic mass is 9.61. The predicted octanol–water partition coefficient (Wildman–Crippen LogP) is 3.92. The molecule has 1 saturated carbocycles. The largest absolute Gasteiger partial charge is 0.310 e. The van der Waals surface area contributed by atoms with Gasteiger partial charge in [0.15, 0.2) is 0 Å². The number of benzene rings is 1. The van der Waals surface area contributed by atoms with Crippen molar-refractivity contribution in [2.75, 3.05) is 12.7 Å². The minimum absolute atomic E-state index is 0. The molecular formula is C16H21ClN2S. The number of nitriles is 1. The lowest BCUT2D eigenvalue weighted by Crippen LogP contribution is -2.47. The summed E-state index contributed by atoms with van der Waals surface area (Å²) in [6.45, 7) is 0.982. The SMILES string of the molecule is Cl.[2H]C([2H])([2H])SC1CC2(CCN[C@H](c3ccc(C#N)cc3)C2)C1. The molecule has 0 aromatic heterocycles. The molecule has 1 saturated heterocycles. The Morgan fingerprint density at radius 2 is 2.10 bits per heavy atom. The molecule has 1 spiro atoms. The first-order valence-corrected chi connectivity index (χ1v) is 7.68. The second-order valence-electron chi connectivity index (χ2n) is 5.84. The summed E-state index contributed by atoms with van der Waals surface area (Å²) in [5.41, 5.74) is 2.23. The Bertz CT molecular complexity index is 576. The molecule has 1 aromatic rings. The van der Waals surface area contributed by atoms with Gasteiger partial charge in [0.25, 0.3) is 0 Å². The Labute approximate surface area is 136 Å². The van der Waals surface area contributed by atoms with E-state index in [4.69, 9.17) is 9.37 Å². The van der Waals surface area contributed by atoms with Crippen LogP contribution >= 0.6 is 24.2 Å². The van der Waals surface area contributed by atoms with Crippen molar-refractivity contribution in [2.45, 2.75) is 37.0 Å². The minimum Gasteiger partial charge on any atom is -0.310 e. The number of thioether (sulfide) groups is 1. The highest BCUT2D eigenvalue weighted by Gasteiger charge is 2.46. The minimum atomic E-state index is -1.87. The molecule has 0 bridgehead atoms. The van der Waals surface area contributed by atoms with Crippen LogP contribution in [0.2, 0.25) is 0 Å². The van der Waals surface area contributed by atoms with Gasteiger partial charge in [0.2, 0.25) is 0 Å². The molecule has 20 heavy (non-hydrogen) atoms. The van der Waals surface area contributed by atoms with Crippen molar-refractivity contribution in [3.05, 3.63) is 35.4 Å². The van der Waals surface area contributed by atoms with Crippen LogP contribution in [0.4, 0.5) is 0 Å². The number of rotatable bonds is 2. The van der Waals surface area contributed by atoms with E-state index in [1.807, 2.05) is 24.3 Å². The maximum Gasteiger partial charge on any atom is 0.0991 e. The molecule has 0 radical (unpaired) electrons. The van der Waals surface area contributed by atoms with E-state index in [1.165, 1.54) is 5.56 Å². The zero-order valence-corrected chi connectivity index (χ0v) is 12.9. The number of nitrogens with one attached hydrogen (secondary N) is 1. The molecule has 3 rings (SSSR count). The molecule has 2 aliphatic rings. The maximum atomic E-state index is 8.88. The zero-order valence-electron chi connectivity index (χ0n) is 14.3. The summed E-state index contributed by atoms with van der Waals surface area (Å²) >= 11 is 1.16. The molecule has 108 valence electrons. The summed E-state index contributed by atoms with van der Waals surface area (Å²) in [4.78, 5) is 0. The summed E-state index contributed by atoms with van der Waals surface area (Å²) < 4.78 is 22.1. The topological polar surface area (TPSA) is 35.8 Å². The Hall–Kier alpha value is -0.690. The normalized spacial score (nSPS) is 34.9. The third-order valence-corrected chi connectivity index (χ3v) is 5.28. The average molecular weight is 312 g/mol. The zero-order chi connectivity index (χ0) is 15.8. The van der Waals surface area contributed by atoms with Crippen molar-refractivity contribution in [1.82, 2.24) is 5.32 Å². The standard InChI is InChI=1S/C16H20N2S.ClH/c1-19-14-8-16(9-14)6-7-18-15(10-16)13-4-2-12(11-17)3-5-13;/h2-5,14-15,18H,6-10H2,1H3;1H/t14?,15-,16?;/m0./s1/i1D3;. The molecule has 1 aromatic carbocycles. The average Bonchev–Trinajstić information content (AvgIpc) is 2.44. The quantitative estimate of drug-likeness (QED) is 0.899. The van der Waals surface area contributed by atoms with E-state index in [0.29, 0.717) is 17.0 Å². The fourth-order valence-electron chi connectivity index (χ4n) is 3.50. The van der Waals surface area contributed by atoms with Gasteiger partial charge >= 0.3 is 0 Å². The van der Waals surface area contributed by atoms with Crippen LogP contribution < -0.4 is 5.32 Å². The molecule has 2 fully saturated rings. The lowest BCUT2D eigenvalue weighted by molar-refractivity contribution is 0.0701. The molecule has 1 heterocycles. The first-order valence-electron chi connectivity index (χ1n) is 8.30. The van der Waals surface area contributed by atoms with Gasteiger partial charge in [-0.15, -0.1) is 12.4 Å². The van der Waals surface area contributed by atoms with Gasteiger partial charge in [-0.2, -0.15) is 17.0 Å². The molecule has 2 nitrogen and oxygen atoms in total. The van der Waals surface area contributed by atoms with Gasteiger partial charge in [-0.1, -0.05) is 12.1 Å². The van der Waals surface area contributed by atoms with Crippen LogP contribution in [0.3, 0.4) is 0 Å². The van der Waals surface area contributed by atoms with Gasteiger partial charge in [0.05, 0.1) is 11.6 Å². The number of hydrogen-bond donors (Lipinski definition) is 1. The van der Waals surface area contributed by atoms with Crippen molar-refractivity contribution in [3.8, 4) is 6.07 Å². The van der Waals surface area contributed by atoms with E-state index in [9.17, 15) is 0 Å². The number of piperidine rings is 1. The van der Waals surface area contributed by atoms with Gasteiger partial charge in [-0.05, 0) is 61.5 Å². The third kappa shape index (κ3) is 2.98. The van der Waals surface area contributed by atoms with Crippen molar-refractivity contribution in [2.24, 2.45) is 5.41 Å².